The van der Waals surface area contributed by atoms with Crippen molar-refractivity contribution in [2.45, 2.75) is 120 Å². The van der Waals surface area contributed by atoms with Crippen LogP contribution >= 0.6 is 0 Å². The van der Waals surface area contributed by atoms with E-state index in [2.05, 4.69) is 5.32 Å². The molecule has 6 atom stereocenters. The average Bonchev–Trinajstić information content (AvgIpc) is 2.91. The van der Waals surface area contributed by atoms with Gasteiger partial charge in [-0.05, 0) is 89.2 Å². The first-order valence-electron chi connectivity index (χ1n) is 15.2. The van der Waals surface area contributed by atoms with Gasteiger partial charge in [-0.15, -0.1) is 0 Å². The van der Waals surface area contributed by atoms with Crippen LogP contribution in [0.4, 0.5) is 4.39 Å². The summed E-state index contributed by atoms with van der Waals surface area (Å²) in [5.74, 6) is -3.40. The molecule has 2 rings (SSSR count). The molecule has 0 unspecified atom stereocenters. The number of hydrogen-bond acceptors (Lipinski definition) is 11. The van der Waals surface area contributed by atoms with Gasteiger partial charge in [0.05, 0.1) is 27.7 Å². The smallest absolute Gasteiger partial charge is 0.311 e. The van der Waals surface area contributed by atoms with Crippen LogP contribution in [0.2, 0.25) is 0 Å². The van der Waals surface area contributed by atoms with Gasteiger partial charge in [0, 0.05) is 5.56 Å². The summed E-state index contributed by atoms with van der Waals surface area (Å²) < 4.78 is 44.5. The van der Waals surface area contributed by atoms with Crippen molar-refractivity contribution in [3.63, 3.8) is 0 Å². The van der Waals surface area contributed by atoms with Crippen molar-refractivity contribution in [3.05, 3.63) is 35.6 Å². The van der Waals surface area contributed by atoms with Gasteiger partial charge in [-0.25, -0.2) is 4.39 Å². The third-order valence-corrected chi connectivity index (χ3v) is 6.87. The Kier molecular flexibility index (Phi) is 12.1. The molecule has 0 spiro atoms. The zero-order valence-corrected chi connectivity index (χ0v) is 29.0. The van der Waals surface area contributed by atoms with Gasteiger partial charge in [0.1, 0.15) is 24.6 Å². The SMILES string of the molecule is CC(C)(C)C(=O)OC[C@H]1O[C@@H](N[C@H](C#N)c2ccccc2F)[C@H](OC(=O)C(C)(C)C)[C@@H](OC(=O)C(C)(C)C)[C@@H]1OC(=O)C(C)(C)C. The maximum absolute atomic E-state index is 14.8. The molecule has 256 valence electrons. The Morgan fingerprint density at radius 3 is 1.63 bits per heavy atom. The summed E-state index contributed by atoms with van der Waals surface area (Å²) in [5.41, 5.74) is -4.03. The van der Waals surface area contributed by atoms with E-state index in [0.717, 1.165) is 0 Å². The number of carbonyl (C=O) groups is 4. The standard InChI is InChI=1S/C34H49FN2O9/c1-31(2,3)27(38)42-18-22-23(44-28(39)32(4,5)6)24(45-29(40)33(7,8)9)25(46-30(41)34(10,11)12)26(43-22)37-21(17-36)19-15-13-14-16-20(19)35/h13-16,21-26,37H,18H2,1-12H3/t21-,22-,23-,24+,25-,26-/m1/s1. The third-order valence-electron chi connectivity index (χ3n) is 6.87. The van der Waals surface area contributed by atoms with E-state index in [0.29, 0.717) is 0 Å². The topological polar surface area (TPSA) is 150 Å². The van der Waals surface area contributed by atoms with Crippen LogP contribution in [0.25, 0.3) is 0 Å². The van der Waals surface area contributed by atoms with Crippen LogP contribution < -0.4 is 5.32 Å². The second-order valence-corrected chi connectivity index (χ2v) is 15.6. The quantitative estimate of drug-likeness (QED) is 0.294. The molecule has 0 radical (unpaired) electrons. The Labute approximate surface area is 271 Å². The van der Waals surface area contributed by atoms with E-state index in [1.54, 1.807) is 89.2 Å². The fourth-order valence-corrected chi connectivity index (χ4v) is 3.93. The number of nitrogens with zero attached hydrogens (tertiary/aromatic N) is 1. The normalized spacial score (nSPS) is 23.0. The van der Waals surface area contributed by atoms with Crippen molar-refractivity contribution in [3.8, 4) is 6.07 Å². The number of rotatable bonds is 8. The molecule has 0 aromatic heterocycles. The zero-order valence-electron chi connectivity index (χ0n) is 29.0. The first-order valence-corrected chi connectivity index (χ1v) is 15.2. The Hall–Kier alpha value is -3.56. The maximum Gasteiger partial charge on any atom is 0.311 e. The highest BCUT2D eigenvalue weighted by Gasteiger charge is 2.55. The lowest BCUT2D eigenvalue weighted by atomic mass is 9.92. The summed E-state index contributed by atoms with van der Waals surface area (Å²) >= 11 is 0. The van der Waals surface area contributed by atoms with Gasteiger partial charge in [-0.1, -0.05) is 18.2 Å². The monoisotopic (exact) mass is 648 g/mol. The number of benzene rings is 1. The second-order valence-electron chi connectivity index (χ2n) is 15.6. The molecule has 1 N–H and O–H groups in total. The molecule has 1 aromatic carbocycles. The third kappa shape index (κ3) is 10.2. The van der Waals surface area contributed by atoms with Crippen LogP contribution in [0, 0.1) is 38.8 Å². The molecule has 0 bridgehead atoms. The van der Waals surface area contributed by atoms with E-state index in [-0.39, 0.29) is 5.56 Å². The van der Waals surface area contributed by atoms with Gasteiger partial charge >= 0.3 is 23.9 Å². The van der Waals surface area contributed by atoms with Gasteiger partial charge in [0.2, 0.25) is 0 Å². The molecule has 0 aliphatic carbocycles. The van der Waals surface area contributed by atoms with E-state index < -0.39 is 94.6 Å². The minimum absolute atomic E-state index is 0.0188. The van der Waals surface area contributed by atoms with Crippen LogP contribution in [-0.4, -0.2) is 61.1 Å². The maximum atomic E-state index is 14.8. The molecule has 1 saturated heterocycles. The fraction of sp³-hybridized carbons (Fsp3) is 0.676. The second kappa shape index (κ2) is 14.5. The number of nitriles is 1. The molecule has 0 amide bonds. The highest BCUT2D eigenvalue weighted by molar-refractivity contribution is 5.78. The highest BCUT2D eigenvalue weighted by Crippen LogP contribution is 2.34. The molecule has 12 heteroatoms. The number of ether oxygens (including phenoxy) is 5. The van der Waals surface area contributed by atoms with Crippen molar-refractivity contribution in [2.75, 3.05) is 6.61 Å². The first kappa shape index (κ1) is 38.6. The average molecular weight is 649 g/mol. The molecular weight excluding hydrogens is 599 g/mol. The molecule has 1 aliphatic heterocycles. The number of esters is 4. The van der Waals surface area contributed by atoms with Gasteiger partial charge < -0.3 is 23.7 Å². The first-order chi connectivity index (χ1) is 20.9. The van der Waals surface area contributed by atoms with Crippen molar-refractivity contribution in [1.82, 2.24) is 5.32 Å². The van der Waals surface area contributed by atoms with Crippen LogP contribution in [0.3, 0.4) is 0 Å². The van der Waals surface area contributed by atoms with Crippen LogP contribution in [0.1, 0.15) is 94.7 Å². The summed E-state index contributed by atoms with van der Waals surface area (Å²) in [7, 11) is 0. The van der Waals surface area contributed by atoms with E-state index in [1.807, 2.05) is 6.07 Å². The summed E-state index contributed by atoms with van der Waals surface area (Å²) in [4.78, 5) is 52.8. The van der Waals surface area contributed by atoms with Crippen molar-refractivity contribution in [2.24, 2.45) is 21.7 Å². The van der Waals surface area contributed by atoms with Crippen LogP contribution in [-0.2, 0) is 42.9 Å². The Morgan fingerprint density at radius 2 is 1.20 bits per heavy atom. The van der Waals surface area contributed by atoms with Gasteiger partial charge in [-0.3, -0.25) is 24.5 Å². The van der Waals surface area contributed by atoms with E-state index in [9.17, 15) is 28.8 Å². The number of halogens is 1. The Morgan fingerprint density at radius 1 is 0.761 bits per heavy atom. The minimum Gasteiger partial charge on any atom is -0.462 e. The summed E-state index contributed by atoms with van der Waals surface area (Å²) in [6.07, 6.45) is -7.16. The lowest BCUT2D eigenvalue weighted by Crippen LogP contribution is -2.66. The van der Waals surface area contributed by atoms with Crippen LogP contribution in [0.5, 0.6) is 0 Å². The molecular formula is C34H49FN2O9. The number of hydrogen-bond donors (Lipinski definition) is 1. The summed E-state index contributed by atoms with van der Waals surface area (Å²) in [6.45, 7) is 19.0. The molecule has 1 fully saturated rings. The predicted molar refractivity (Wildman–Crippen MR) is 165 cm³/mol. The lowest BCUT2D eigenvalue weighted by molar-refractivity contribution is -0.265. The highest BCUT2D eigenvalue weighted by atomic mass is 19.1. The van der Waals surface area contributed by atoms with Gasteiger partial charge in [0.25, 0.3) is 0 Å². The molecule has 11 nitrogen and oxygen atoms in total. The minimum atomic E-state index is -1.51. The Balaban J connectivity index is 2.77. The number of carbonyl (C=O) groups excluding carboxylic acids is 4. The molecule has 1 aromatic rings. The van der Waals surface area contributed by atoms with Gasteiger partial charge in [-0.2, -0.15) is 5.26 Å². The molecule has 46 heavy (non-hydrogen) atoms. The van der Waals surface area contributed by atoms with E-state index in [1.165, 1.54) is 18.2 Å². The summed E-state index contributed by atoms with van der Waals surface area (Å²) in [6, 6.07) is 6.27. The van der Waals surface area contributed by atoms with Gasteiger partial charge in [0.15, 0.2) is 24.5 Å². The Bertz CT molecular complexity index is 1310. The lowest BCUT2D eigenvalue weighted by Gasteiger charge is -2.46. The zero-order chi connectivity index (χ0) is 35.4. The predicted octanol–water partition coefficient (Wildman–Crippen LogP) is 5.17. The van der Waals surface area contributed by atoms with E-state index in [4.69, 9.17) is 23.7 Å². The number of nitrogens with one attached hydrogen (secondary N) is 1. The van der Waals surface area contributed by atoms with Crippen molar-refractivity contribution < 1.29 is 47.3 Å². The van der Waals surface area contributed by atoms with Crippen molar-refractivity contribution >= 4 is 23.9 Å². The van der Waals surface area contributed by atoms with E-state index >= 15 is 0 Å². The summed E-state index contributed by atoms with van der Waals surface area (Å²) in [5, 5.41) is 13.0. The molecule has 1 heterocycles. The molecule has 1 aliphatic rings. The largest absolute Gasteiger partial charge is 0.462 e. The fourth-order valence-electron chi connectivity index (χ4n) is 3.93. The van der Waals surface area contributed by atoms with Crippen molar-refractivity contribution in [1.29, 1.82) is 5.26 Å². The van der Waals surface area contributed by atoms with Crippen LogP contribution in [0.15, 0.2) is 24.3 Å². The molecule has 0 saturated carbocycles.